The van der Waals surface area contributed by atoms with E-state index in [9.17, 15) is 4.79 Å². The van der Waals surface area contributed by atoms with Crippen molar-refractivity contribution < 1.29 is 9.53 Å². The second-order valence-electron chi connectivity index (χ2n) is 5.14. The number of hydrogen-bond acceptors (Lipinski definition) is 2. The topological polar surface area (TPSA) is 26.3 Å². The summed E-state index contributed by atoms with van der Waals surface area (Å²) in [5.41, 5.74) is 0.219. The Balaban J connectivity index is 3.53. The highest BCUT2D eigenvalue weighted by Gasteiger charge is 2.13. The molecule has 0 unspecified atom stereocenters. The molecule has 0 aliphatic carbocycles. The summed E-state index contributed by atoms with van der Waals surface area (Å²) >= 11 is 0. The molecule has 0 atom stereocenters. The summed E-state index contributed by atoms with van der Waals surface area (Å²) in [7, 11) is 0. The summed E-state index contributed by atoms with van der Waals surface area (Å²) < 4.78 is 5.06. The van der Waals surface area contributed by atoms with Gasteiger partial charge in [0.1, 0.15) is 0 Å². The van der Waals surface area contributed by atoms with Gasteiger partial charge >= 0.3 is 5.97 Å². The Hall–Kier alpha value is -0.530. The third kappa shape index (κ3) is 9.38. The van der Waals surface area contributed by atoms with Crippen LogP contribution in [0, 0.1) is 11.3 Å². The SMILES string of the molecule is CC(C)COC(=O)CCC(C)(C)C. The minimum atomic E-state index is -0.0661. The van der Waals surface area contributed by atoms with Gasteiger partial charge < -0.3 is 4.74 Å². The minimum Gasteiger partial charge on any atom is -0.465 e. The summed E-state index contributed by atoms with van der Waals surface area (Å²) in [6.07, 6.45) is 1.43. The molecule has 0 radical (unpaired) electrons. The second kappa shape index (κ2) is 5.25. The quantitative estimate of drug-likeness (QED) is 0.631. The first kappa shape index (κ1) is 12.5. The fourth-order valence-electron chi connectivity index (χ4n) is 0.809. The number of carbonyl (C=O) groups is 1. The van der Waals surface area contributed by atoms with Crippen LogP contribution in [0.15, 0.2) is 0 Å². The van der Waals surface area contributed by atoms with E-state index in [2.05, 4.69) is 20.8 Å². The highest BCUT2D eigenvalue weighted by Crippen LogP contribution is 2.20. The fourth-order valence-corrected chi connectivity index (χ4v) is 0.809. The Morgan fingerprint density at radius 2 is 1.85 bits per heavy atom. The summed E-state index contributed by atoms with van der Waals surface area (Å²) in [6.45, 7) is 11.0. The Labute approximate surface area is 81.7 Å². The van der Waals surface area contributed by atoms with Crippen LogP contribution in [-0.2, 0) is 9.53 Å². The number of hydrogen-bond donors (Lipinski definition) is 0. The molecule has 0 rings (SSSR count). The monoisotopic (exact) mass is 186 g/mol. The van der Waals surface area contributed by atoms with Crippen molar-refractivity contribution in [2.45, 2.75) is 47.5 Å². The average Bonchev–Trinajstić information content (AvgIpc) is 1.95. The van der Waals surface area contributed by atoms with E-state index in [4.69, 9.17) is 4.74 Å². The molecule has 0 aliphatic heterocycles. The molecule has 0 aromatic heterocycles. The second-order valence-corrected chi connectivity index (χ2v) is 5.14. The van der Waals surface area contributed by atoms with Gasteiger partial charge in [-0.1, -0.05) is 34.6 Å². The predicted molar refractivity (Wildman–Crippen MR) is 54.5 cm³/mol. The molecule has 0 aliphatic rings. The first-order valence-corrected chi connectivity index (χ1v) is 4.97. The van der Waals surface area contributed by atoms with Crippen molar-refractivity contribution in [1.29, 1.82) is 0 Å². The van der Waals surface area contributed by atoms with Gasteiger partial charge in [0.15, 0.2) is 0 Å². The molecule has 0 amide bonds. The molecular weight excluding hydrogens is 164 g/mol. The molecular formula is C11H22O2. The number of rotatable bonds is 4. The molecule has 0 aromatic carbocycles. The van der Waals surface area contributed by atoms with E-state index in [1.807, 2.05) is 13.8 Å². The van der Waals surface area contributed by atoms with Crippen LogP contribution in [0.2, 0.25) is 0 Å². The van der Waals surface area contributed by atoms with Crippen molar-refractivity contribution in [2.24, 2.45) is 11.3 Å². The largest absolute Gasteiger partial charge is 0.465 e. The maximum Gasteiger partial charge on any atom is 0.305 e. The van der Waals surface area contributed by atoms with Crippen LogP contribution in [0.4, 0.5) is 0 Å². The van der Waals surface area contributed by atoms with Gasteiger partial charge in [-0.2, -0.15) is 0 Å². The van der Waals surface area contributed by atoms with Gasteiger partial charge in [-0.05, 0) is 17.8 Å². The molecule has 0 N–H and O–H groups in total. The van der Waals surface area contributed by atoms with Crippen LogP contribution in [0.25, 0.3) is 0 Å². The predicted octanol–water partition coefficient (Wildman–Crippen LogP) is 3.01. The molecule has 78 valence electrons. The molecule has 0 bridgehead atoms. The lowest BCUT2D eigenvalue weighted by Crippen LogP contribution is -2.13. The molecule has 0 saturated heterocycles. The lowest BCUT2D eigenvalue weighted by Gasteiger charge is -2.17. The van der Waals surface area contributed by atoms with E-state index in [1.54, 1.807) is 0 Å². The van der Waals surface area contributed by atoms with Crippen LogP contribution in [0.5, 0.6) is 0 Å². The van der Waals surface area contributed by atoms with Crippen LogP contribution >= 0.6 is 0 Å². The van der Waals surface area contributed by atoms with Crippen LogP contribution in [-0.4, -0.2) is 12.6 Å². The molecule has 0 heterocycles. The zero-order valence-corrected chi connectivity index (χ0v) is 9.52. The third-order valence-electron chi connectivity index (χ3n) is 1.66. The van der Waals surface area contributed by atoms with Gasteiger partial charge in [0.25, 0.3) is 0 Å². The van der Waals surface area contributed by atoms with Crippen molar-refractivity contribution in [3.05, 3.63) is 0 Å². The van der Waals surface area contributed by atoms with Crippen molar-refractivity contribution in [3.8, 4) is 0 Å². The first-order valence-electron chi connectivity index (χ1n) is 4.97. The summed E-state index contributed by atoms with van der Waals surface area (Å²) in [6, 6.07) is 0. The first-order chi connectivity index (χ1) is 5.81. The fraction of sp³-hybridized carbons (Fsp3) is 0.909. The molecule has 2 heteroatoms. The van der Waals surface area contributed by atoms with Gasteiger partial charge in [0.05, 0.1) is 6.61 Å². The van der Waals surface area contributed by atoms with E-state index in [1.165, 1.54) is 0 Å². The highest BCUT2D eigenvalue weighted by atomic mass is 16.5. The van der Waals surface area contributed by atoms with E-state index in [0.29, 0.717) is 18.9 Å². The maximum absolute atomic E-state index is 11.2. The Bertz CT molecular complexity index is 154. The lowest BCUT2D eigenvalue weighted by atomic mass is 9.91. The molecule has 0 aromatic rings. The molecule has 2 nitrogen and oxygen atoms in total. The minimum absolute atomic E-state index is 0.0661. The summed E-state index contributed by atoms with van der Waals surface area (Å²) in [4.78, 5) is 11.2. The number of carbonyl (C=O) groups excluding carboxylic acids is 1. The van der Waals surface area contributed by atoms with E-state index >= 15 is 0 Å². The number of esters is 1. The number of ether oxygens (including phenoxy) is 1. The van der Waals surface area contributed by atoms with Gasteiger partial charge in [0, 0.05) is 6.42 Å². The van der Waals surface area contributed by atoms with Crippen molar-refractivity contribution in [1.82, 2.24) is 0 Å². The molecule has 0 fully saturated rings. The lowest BCUT2D eigenvalue weighted by molar-refractivity contribution is -0.145. The van der Waals surface area contributed by atoms with Gasteiger partial charge in [-0.25, -0.2) is 0 Å². The normalized spacial score (nSPS) is 11.8. The zero-order valence-electron chi connectivity index (χ0n) is 9.52. The van der Waals surface area contributed by atoms with Gasteiger partial charge in [-0.3, -0.25) is 4.79 Å². The maximum atomic E-state index is 11.2. The standard InChI is InChI=1S/C11H22O2/c1-9(2)8-13-10(12)6-7-11(3,4)5/h9H,6-8H2,1-5H3. The van der Waals surface area contributed by atoms with E-state index < -0.39 is 0 Å². The Morgan fingerprint density at radius 3 is 2.23 bits per heavy atom. The van der Waals surface area contributed by atoms with E-state index in [0.717, 1.165) is 6.42 Å². The summed E-state index contributed by atoms with van der Waals surface area (Å²) in [5, 5.41) is 0. The van der Waals surface area contributed by atoms with Crippen molar-refractivity contribution in [2.75, 3.05) is 6.61 Å². The van der Waals surface area contributed by atoms with Crippen molar-refractivity contribution >= 4 is 5.97 Å². The van der Waals surface area contributed by atoms with E-state index in [-0.39, 0.29) is 11.4 Å². The van der Waals surface area contributed by atoms with Gasteiger partial charge in [0.2, 0.25) is 0 Å². The smallest absolute Gasteiger partial charge is 0.305 e. The Kier molecular flexibility index (Phi) is 5.04. The molecule has 0 saturated carbocycles. The highest BCUT2D eigenvalue weighted by molar-refractivity contribution is 5.69. The molecule has 13 heavy (non-hydrogen) atoms. The van der Waals surface area contributed by atoms with Gasteiger partial charge in [-0.15, -0.1) is 0 Å². The van der Waals surface area contributed by atoms with Crippen LogP contribution in [0.1, 0.15) is 47.5 Å². The third-order valence-corrected chi connectivity index (χ3v) is 1.66. The zero-order chi connectivity index (χ0) is 10.5. The molecule has 0 spiro atoms. The van der Waals surface area contributed by atoms with Crippen LogP contribution < -0.4 is 0 Å². The van der Waals surface area contributed by atoms with Crippen molar-refractivity contribution in [3.63, 3.8) is 0 Å². The van der Waals surface area contributed by atoms with Crippen LogP contribution in [0.3, 0.4) is 0 Å². The average molecular weight is 186 g/mol. The Morgan fingerprint density at radius 1 is 1.31 bits per heavy atom. The summed E-state index contributed by atoms with van der Waals surface area (Å²) in [5.74, 6) is 0.363.